The molecular weight excluding hydrogens is 192 g/mol. The van der Waals surface area contributed by atoms with Crippen LogP contribution < -0.4 is 0 Å². The van der Waals surface area contributed by atoms with Crippen molar-refractivity contribution in [3.8, 4) is 0 Å². The minimum absolute atomic E-state index is 0.0621. The van der Waals surface area contributed by atoms with Crippen molar-refractivity contribution >= 4 is 11.6 Å². The fourth-order valence-electron chi connectivity index (χ4n) is 3.59. The molecule has 2 bridgehead atoms. The number of ketones is 2. The predicted molar refractivity (Wildman–Crippen MR) is 53.3 cm³/mol. The third-order valence-corrected chi connectivity index (χ3v) is 4.47. The van der Waals surface area contributed by atoms with E-state index in [1.807, 2.05) is 19.1 Å². The summed E-state index contributed by atoms with van der Waals surface area (Å²) < 4.78 is 5.84. The van der Waals surface area contributed by atoms with Crippen molar-refractivity contribution in [1.82, 2.24) is 0 Å². The fraction of sp³-hybridized carbons (Fsp3) is 0.667. The molecule has 2 aliphatic heterocycles. The summed E-state index contributed by atoms with van der Waals surface area (Å²) in [6, 6.07) is 0. The molecule has 4 atom stereocenters. The Balaban J connectivity index is 2.09. The van der Waals surface area contributed by atoms with Crippen molar-refractivity contribution in [3.63, 3.8) is 0 Å². The molecular formula is C12H14O3. The van der Waals surface area contributed by atoms with Gasteiger partial charge in [0.25, 0.3) is 0 Å². The molecule has 0 aromatic rings. The maximum atomic E-state index is 12.1. The van der Waals surface area contributed by atoms with E-state index in [1.54, 1.807) is 0 Å². The lowest BCUT2D eigenvalue weighted by molar-refractivity contribution is -0.153. The molecule has 0 radical (unpaired) electrons. The van der Waals surface area contributed by atoms with E-state index >= 15 is 0 Å². The second-order valence-corrected chi connectivity index (χ2v) is 5.05. The summed E-state index contributed by atoms with van der Waals surface area (Å²) in [5, 5.41) is 0. The Bertz CT molecular complexity index is 398. The van der Waals surface area contributed by atoms with Gasteiger partial charge < -0.3 is 4.74 Å². The quantitative estimate of drug-likeness (QED) is 0.504. The highest BCUT2D eigenvalue weighted by atomic mass is 16.5. The van der Waals surface area contributed by atoms with Crippen molar-refractivity contribution in [2.75, 3.05) is 0 Å². The molecule has 3 nitrogen and oxygen atoms in total. The number of hydrogen-bond acceptors (Lipinski definition) is 3. The lowest BCUT2D eigenvalue weighted by Gasteiger charge is -2.50. The van der Waals surface area contributed by atoms with Gasteiger partial charge in [-0.15, -0.1) is 0 Å². The Kier molecular flexibility index (Phi) is 1.49. The molecule has 3 rings (SSSR count). The van der Waals surface area contributed by atoms with Crippen molar-refractivity contribution in [1.29, 1.82) is 0 Å². The monoisotopic (exact) mass is 206 g/mol. The number of carbonyl (C=O) groups excluding carboxylic acids is 2. The van der Waals surface area contributed by atoms with E-state index in [0.717, 1.165) is 12.8 Å². The number of rotatable bonds is 2. The normalized spacial score (nSPS) is 50.0. The summed E-state index contributed by atoms with van der Waals surface area (Å²) in [5.41, 5.74) is -1.05. The van der Waals surface area contributed by atoms with E-state index in [2.05, 4.69) is 0 Å². The molecule has 0 unspecified atom stereocenters. The highest BCUT2D eigenvalue weighted by Gasteiger charge is 2.72. The maximum absolute atomic E-state index is 12.1. The van der Waals surface area contributed by atoms with Crippen LogP contribution >= 0.6 is 0 Å². The van der Waals surface area contributed by atoms with Crippen LogP contribution in [0.5, 0.6) is 0 Å². The molecule has 0 amide bonds. The van der Waals surface area contributed by atoms with Crippen LogP contribution in [0.3, 0.4) is 0 Å². The van der Waals surface area contributed by atoms with Gasteiger partial charge in [-0.2, -0.15) is 0 Å². The van der Waals surface area contributed by atoms with Crippen LogP contribution in [-0.4, -0.2) is 23.3 Å². The lowest BCUT2D eigenvalue weighted by Crippen LogP contribution is -2.59. The van der Waals surface area contributed by atoms with Gasteiger partial charge >= 0.3 is 0 Å². The lowest BCUT2D eigenvalue weighted by atomic mass is 9.49. The predicted octanol–water partition coefficient (Wildman–Crippen LogP) is 1.27. The van der Waals surface area contributed by atoms with Crippen molar-refractivity contribution in [2.45, 2.75) is 38.4 Å². The third-order valence-electron chi connectivity index (χ3n) is 4.47. The van der Waals surface area contributed by atoms with Crippen molar-refractivity contribution in [2.24, 2.45) is 11.3 Å². The second-order valence-electron chi connectivity index (χ2n) is 5.05. The van der Waals surface area contributed by atoms with Gasteiger partial charge in [-0.3, -0.25) is 9.59 Å². The molecule has 0 N–H and O–H groups in total. The molecule has 0 aromatic heterocycles. The number of hydrogen-bond donors (Lipinski definition) is 0. The number of carbonyl (C=O) groups is 2. The van der Waals surface area contributed by atoms with E-state index in [-0.39, 0.29) is 23.6 Å². The van der Waals surface area contributed by atoms with Gasteiger partial charge in [-0.05, 0) is 19.8 Å². The van der Waals surface area contributed by atoms with Crippen molar-refractivity contribution in [3.05, 3.63) is 12.2 Å². The molecule has 15 heavy (non-hydrogen) atoms. The first-order valence-corrected chi connectivity index (χ1v) is 5.44. The topological polar surface area (TPSA) is 43.4 Å². The zero-order valence-electron chi connectivity index (χ0n) is 8.95. The Morgan fingerprint density at radius 2 is 2.20 bits per heavy atom. The van der Waals surface area contributed by atoms with Crippen LogP contribution in [0.15, 0.2) is 12.2 Å². The zero-order valence-corrected chi connectivity index (χ0v) is 8.95. The Hall–Kier alpha value is -0.960. The van der Waals surface area contributed by atoms with E-state index in [9.17, 15) is 9.59 Å². The highest BCUT2D eigenvalue weighted by Crippen LogP contribution is 2.66. The summed E-state index contributed by atoms with van der Waals surface area (Å²) in [4.78, 5) is 23.4. The van der Waals surface area contributed by atoms with Gasteiger partial charge in [0.05, 0.1) is 17.1 Å². The molecule has 1 saturated carbocycles. The molecule has 0 spiro atoms. The van der Waals surface area contributed by atoms with Gasteiger partial charge in [0.15, 0.2) is 5.78 Å². The van der Waals surface area contributed by atoms with Crippen LogP contribution in [0, 0.1) is 11.3 Å². The fourth-order valence-corrected chi connectivity index (χ4v) is 3.59. The van der Waals surface area contributed by atoms with Gasteiger partial charge in [-0.25, -0.2) is 0 Å². The first-order chi connectivity index (χ1) is 7.01. The van der Waals surface area contributed by atoms with Crippen LogP contribution in [0.2, 0.25) is 0 Å². The van der Waals surface area contributed by atoms with E-state index in [0.29, 0.717) is 0 Å². The Morgan fingerprint density at radius 3 is 2.67 bits per heavy atom. The van der Waals surface area contributed by atoms with E-state index < -0.39 is 11.0 Å². The van der Waals surface area contributed by atoms with Gasteiger partial charge in [0.1, 0.15) is 0 Å². The average Bonchev–Trinajstić information content (AvgIpc) is 2.52. The van der Waals surface area contributed by atoms with Gasteiger partial charge in [0.2, 0.25) is 5.78 Å². The smallest absolute Gasteiger partial charge is 0.207 e. The minimum atomic E-state index is -0.530. The van der Waals surface area contributed by atoms with Crippen LogP contribution in [0.4, 0.5) is 0 Å². The summed E-state index contributed by atoms with van der Waals surface area (Å²) in [5.74, 6) is -0.317. The summed E-state index contributed by atoms with van der Waals surface area (Å²) in [7, 11) is 0. The van der Waals surface area contributed by atoms with Gasteiger partial charge in [-0.1, -0.05) is 12.2 Å². The molecule has 0 aromatic carbocycles. The SMILES string of the molecule is CC(=O)C(=O)[C@]12CC[C@H]1[C@@H]1C=C[C@@]2(C)O1. The average molecular weight is 206 g/mol. The van der Waals surface area contributed by atoms with Crippen LogP contribution in [0.25, 0.3) is 0 Å². The first kappa shape index (κ1) is 9.28. The summed E-state index contributed by atoms with van der Waals surface area (Å²) in [6.45, 7) is 3.30. The van der Waals surface area contributed by atoms with E-state index in [4.69, 9.17) is 4.74 Å². The molecule has 2 fully saturated rings. The van der Waals surface area contributed by atoms with Crippen LogP contribution in [-0.2, 0) is 14.3 Å². The van der Waals surface area contributed by atoms with Gasteiger partial charge in [0, 0.05) is 12.8 Å². The second kappa shape index (κ2) is 2.40. The zero-order chi connectivity index (χ0) is 10.8. The third kappa shape index (κ3) is 0.783. The molecule has 3 aliphatic rings. The minimum Gasteiger partial charge on any atom is -0.363 e. The number of fused-ring (bicyclic) bond motifs is 5. The molecule has 2 heterocycles. The maximum Gasteiger partial charge on any atom is 0.207 e. The highest BCUT2D eigenvalue weighted by molar-refractivity contribution is 6.39. The molecule has 80 valence electrons. The Morgan fingerprint density at radius 1 is 1.47 bits per heavy atom. The summed E-state index contributed by atoms with van der Waals surface area (Å²) in [6.07, 6.45) is 5.87. The molecule has 1 saturated heterocycles. The van der Waals surface area contributed by atoms with Crippen LogP contribution in [0.1, 0.15) is 26.7 Å². The largest absolute Gasteiger partial charge is 0.363 e. The first-order valence-electron chi connectivity index (χ1n) is 5.44. The number of Topliss-reactive ketones (excluding diaryl/α,β-unsaturated/α-hetero) is 2. The number of ether oxygens (including phenoxy) is 1. The summed E-state index contributed by atoms with van der Waals surface area (Å²) >= 11 is 0. The van der Waals surface area contributed by atoms with Crippen molar-refractivity contribution < 1.29 is 14.3 Å². The standard InChI is InChI=1S/C12H14O3/c1-7(13)10(14)12-6-3-8(12)9-4-5-11(12,2)15-9/h4-5,8-9H,3,6H2,1-2H3/t8-,9-,11+,12-/m0/s1. The molecule has 1 aliphatic carbocycles. The molecule has 3 heteroatoms. The van der Waals surface area contributed by atoms with E-state index in [1.165, 1.54) is 6.92 Å². The Labute approximate surface area is 88.5 Å².